The van der Waals surface area contributed by atoms with Gasteiger partial charge in [-0.15, -0.1) is 0 Å². The molecule has 1 aromatic carbocycles. The van der Waals surface area contributed by atoms with Crippen molar-refractivity contribution in [2.24, 2.45) is 28.1 Å². The van der Waals surface area contributed by atoms with Crippen LogP contribution in [0.3, 0.4) is 0 Å². The fraction of sp³-hybridized carbons (Fsp3) is 0.500. The van der Waals surface area contributed by atoms with Gasteiger partial charge in [-0.1, -0.05) is 38.5 Å². The van der Waals surface area contributed by atoms with Gasteiger partial charge in [0.2, 0.25) is 17.7 Å². The Bertz CT molecular complexity index is 1180. The van der Waals surface area contributed by atoms with Gasteiger partial charge >= 0.3 is 5.97 Å². The van der Waals surface area contributed by atoms with Crippen LogP contribution in [0.15, 0.2) is 35.5 Å². The Morgan fingerprint density at radius 1 is 1.00 bits per heavy atom. The predicted molar refractivity (Wildman–Crippen MR) is 148 cm³/mol. The largest absolute Gasteiger partial charge is 0.480 e. The summed E-state index contributed by atoms with van der Waals surface area (Å²) in [6.07, 6.45) is 3.01. The lowest BCUT2D eigenvalue weighted by Crippen LogP contribution is -2.57. The summed E-state index contributed by atoms with van der Waals surface area (Å²) in [6.45, 7) is 5.41. The average molecular weight is 545 g/mol. The molecule has 5 unspecified atom stereocenters. The van der Waals surface area contributed by atoms with Crippen molar-refractivity contribution in [3.05, 3.63) is 36.0 Å². The molecule has 0 aliphatic carbocycles. The highest BCUT2D eigenvalue weighted by Crippen LogP contribution is 2.19. The number of carboxylic acid groups (broad SMARTS) is 1. The van der Waals surface area contributed by atoms with Crippen molar-refractivity contribution in [3.8, 4) is 0 Å². The van der Waals surface area contributed by atoms with Crippen molar-refractivity contribution in [2.45, 2.75) is 70.6 Å². The van der Waals surface area contributed by atoms with Crippen LogP contribution in [0.5, 0.6) is 0 Å². The van der Waals surface area contributed by atoms with Crippen LogP contribution in [0.4, 0.5) is 0 Å². The monoisotopic (exact) mass is 544 g/mol. The predicted octanol–water partition coefficient (Wildman–Crippen LogP) is -0.304. The smallest absolute Gasteiger partial charge is 0.326 e. The molecule has 214 valence electrons. The molecule has 0 aliphatic rings. The first-order valence-electron chi connectivity index (χ1n) is 12.9. The number of aromatic amines is 1. The summed E-state index contributed by atoms with van der Waals surface area (Å²) in [6, 6.07) is 3.43. The molecule has 0 aliphatic heterocycles. The zero-order valence-electron chi connectivity index (χ0n) is 22.6. The number of aromatic nitrogens is 1. The maximum atomic E-state index is 13.3. The van der Waals surface area contributed by atoms with Crippen molar-refractivity contribution in [3.63, 3.8) is 0 Å². The molecule has 13 heteroatoms. The average Bonchev–Trinajstić information content (AvgIpc) is 3.31. The van der Waals surface area contributed by atoms with E-state index >= 15 is 0 Å². The van der Waals surface area contributed by atoms with Gasteiger partial charge < -0.3 is 43.2 Å². The van der Waals surface area contributed by atoms with Crippen molar-refractivity contribution >= 4 is 40.6 Å². The number of carbonyl (C=O) groups excluding carboxylic acids is 3. The van der Waals surface area contributed by atoms with Crippen molar-refractivity contribution in [1.82, 2.24) is 20.9 Å². The van der Waals surface area contributed by atoms with Crippen LogP contribution in [-0.4, -0.2) is 70.5 Å². The number of hydrogen-bond acceptors (Lipinski definition) is 6. The van der Waals surface area contributed by atoms with E-state index in [1.165, 1.54) is 6.92 Å². The molecule has 11 N–H and O–H groups in total. The molecule has 2 rings (SSSR count). The summed E-state index contributed by atoms with van der Waals surface area (Å²) in [4.78, 5) is 57.5. The standard InChI is InChI=1S/C26H40N8O5/c1-4-14(2)21(27)24(37)34-20(12-16-13-31-18-9-6-5-8-17(16)18)23(36)32-15(3)22(35)33-19(25(38)39)10-7-11-30-26(28)29/h5-6,8-9,13-15,19-21,31H,4,7,10-12,27H2,1-3H3,(H,32,36)(H,33,35)(H,34,37)(H,38,39)(H4,28,29,30). The number of aliphatic carboxylic acids is 1. The first-order valence-corrected chi connectivity index (χ1v) is 12.9. The van der Waals surface area contributed by atoms with Crippen LogP contribution in [-0.2, 0) is 25.6 Å². The summed E-state index contributed by atoms with van der Waals surface area (Å²) in [5, 5.41) is 18.1. The first kappa shape index (κ1) is 31.1. The van der Waals surface area contributed by atoms with Gasteiger partial charge in [0, 0.05) is 30.1 Å². The van der Waals surface area contributed by atoms with Gasteiger partial charge in [-0.05, 0) is 37.3 Å². The molecular formula is C26H40N8O5. The second-order valence-corrected chi connectivity index (χ2v) is 9.61. The number of H-pyrrole nitrogens is 1. The van der Waals surface area contributed by atoms with Gasteiger partial charge in [-0.3, -0.25) is 19.4 Å². The third-order valence-corrected chi connectivity index (χ3v) is 6.60. The van der Waals surface area contributed by atoms with E-state index < -0.39 is 47.9 Å². The Morgan fingerprint density at radius 2 is 1.67 bits per heavy atom. The first-order chi connectivity index (χ1) is 18.4. The van der Waals surface area contributed by atoms with Gasteiger partial charge in [0.1, 0.15) is 18.1 Å². The topological polar surface area (TPSA) is 231 Å². The van der Waals surface area contributed by atoms with Gasteiger partial charge in [-0.25, -0.2) is 4.79 Å². The minimum atomic E-state index is -1.23. The molecule has 3 amide bonds. The summed E-state index contributed by atoms with van der Waals surface area (Å²) in [7, 11) is 0. The van der Waals surface area contributed by atoms with E-state index in [0.29, 0.717) is 12.8 Å². The minimum Gasteiger partial charge on any atom is -0.480 e. The molecule has 1 heterocycles. The van der Waals surface area contributed by atoms with Gasteiger partial charge in [0.15, 0.2) is 5.96 Å². The number of hydrogen-bond donors (Lipinski definition) is 8. The molecule has 0 bridgehead atoms. The number of nitrogens with one attached hydrogen (secondary N) is 4. The Balaban J connectivity index is 2.13. The second kappa shape index (κ2) is 14.7. The van der Waals surface area contributed by atoms with E-state index in [-0.39, 0.29) is 31.3 Å². The fourth-order valence-corrected chi connectivity index (χ4v) is 3.95. The van der Waals surface area contributed by atoms with E-state index in [0.717, 1.165) is 16.5 Å². The molecule has 0 saturated carbocycles. The quantitative estimate of drug-likeness (QED) is 0.0840. The van der Waals surface area contributed by atoms with E-state index in [4.69, 9.17) is 17.2 Å². The summed E-state index contributed by atoms with van der Waals surface area (Å²) < 4.78 is 0. The van der Waals surface area contributed by atoms with Gasteiger partial charge in [0.25, 0.3) is 0 Å². The molecule has 13 nitrogen and oxygen atoms in total. The van der Waals surface area contributed by atoms with E-state index in [9.17, 15) is 24.3 Å². The molecular weight excluding hydrogens is 504 g/mol. The number of nitrogens with zero attached hydrogens (tertiary/aromatic N) is 1. The maximum absolute atomic E-state index is 13.3. The number of amides is 3. The van der Waals surface area contributed by atoms with Gasteiger partial charge in [0.05, 0.1) is 6.04 Å². The molecule has 2 aromatic rings. The minimum absolute atomic E-state index is 0.0886. The third-order valence-electron chi connectivity index (χ3n) is 6.60. The number of carbonyl (C=O) groups is 4. The zero-order chi connectivity index (χ0) is 29.1. The number of para-hydroxylation sites is 1. The second-order valence-electron chi connectivity index (χ2n) is 9.61. The summed E-state index contributed by atoms with van der Waals surface area (Å²) >= 11 is 0. The lowest BCUT2D eigenvalue weighted by molar-refractivity contribution is -0.142. The molecule has 5 atom stereocenters. The highest BCUT2D eigenvalue weighted by Gasteiger charge is 2.30. The normalized spacial score (nSPS) is 14.9. The number of benzene rings is 1. The molecule has 39 heavy (non-hydrogen) atoms. The van der Waals surface area contributed by atoms with Crippen LogP contribution in [0.1, 0.15) is 45.6 Å². The zero-order valence-corrected chi connectivity index (χ0v) is 22.6. The van der Waals surface area contributed by atoms with Crippen LogP contribution in [0, 0.1) is 5.92 Å². The highest BCUT2D eigenvalue weighted by atomic mass is 16.4. The fourth-order valence-electron chi connectivity index (χ4n) is 3.95. The highest BCUT2D eigenvalue weighted by molar-refractivity contribution is 5.94. The molecule has 0 radical (unpaired) electrons. The molecule has 0 fully saturated rings. The van der Waals surface area contributed by atoms with Crippen LogP contribution < -0.4 is 33.2 Å². The van der Waals surface area contributed by atoms with E-state index in [1.807, 2.05) is 38.1 Å². The van der Waals surface area contributed by atoms with Crippen molar-refractivity contribution in [1.29, 1.82) is 0 Å². The van der Waals surface area contributed by atoms with Gasteiger partial charge in [-0.2, -0.15) is 0 Å². The van der Waals surface area contributed by atoms with Crippen LogP contribution in [0.25, 0.3) is 10.9 Å². The van der Waals surface area contributed by atoms with Crippen LogP contribution in [0.2, 0.25) is 0 Å². The number of rotatable bonds is 15. The summed E-state index contributed by atoms with van der Waals surface area (Å²) in [5.74, 6) is -3.21. The lowest BCUT2D eigenvalue weighted by Gasteiger charge is -2.25. The SMILES string of the molecule is CCC(C)C(N)C(=O)NC(Cc1c[nH]c2ccccc12)C(=O)NC(C)C(=O)NC(CCCN=C(N)N)C(=O)O. The Hall–Kier alpha value is -4.13. The molecule has 0 saturated heterocycles. The maximum Gasteiger partial charge on any atom is 0.326 e. The van der Waals surface area contributed by atoms with E-state index in [2.05, 4.69) is 25.9 Å². The lowest BCUT2D eigenvalue weighted by atomic mass is 9.98. The van der Waals surface area contributed by atoms with Crippen LogP contribution >= 0.6 is 0 Å². The number of guanidine groups is 1. The number of aliphatic imine (C=N–C) groups is 1. The number of fused-ring (bicyclic) bond motifs is 1. The Kier molecular flexibility index (Phi) is 11.7. The number of nitrogens with two attached hydrogens (primary N) is 3. The molecule has 1 aromatic heterocycles. The number of carboxylic acids is 1. The van der Waals surface area contributed by atoms with E-state index in [1.54, 1.807) is 6.20 Å². The third kappa shape index (κ3) is 9.28. The Morgan fingerprint density at radius 3 is 2.31 bits per heavy atom. The summed E-state index contributed by atoms with van der Waals surface area (Å²) in [5.41, 5.74) is 18.3. The Labute approximate surface area is 227 Å². The molecule has 0 spiro atoms. The van der Waals surface area contributed by atoms with Crippen molar-refractivity contribution in [2.75, 3.05) is 6.54 Å². The van der Waals surface area contributed by atoms with Crippen molar-refractivity contribution < 1.29 is 24.3 Å².